The molecule has 0 heterocycles. The average molecular weight is 457 g/mol. The maximum atomic E-state index is 12.2. The Hall–Kier alpha value is -2.92. The van der Waals surface area contributed by atoms with Crippen LogP contribution in [0.5, 0.6) is 17.2 Å². The topological polar surface area (TPSA) is 75.8 Å². The Morgan fingerprint density at radius 3 is 2.23 bits per heavy atom. The highest BCUT2D eigenvalue weighted by atomic mass is 32.1. The third kappa shape index (κ3) is 7.84. The molecule has 30 heavy (non-hydrogen) atoms. The number of hydrazine groups is 1. The van der Waals surface area contributed by atoms with Crippen molar-refractivity contribution in [2.45, 2.75) is 13.0 Å². The summed E-state index contributed by atoms with van der Waals surface area (Å²) in [6, 6.07) is 11.6. The molecule has 4 N–H and O–H groups in total. The van der Waals surface area contributed by atoms with Gasteiger partial charge < -0.3 is 24.8 Å². The molecule has 0 aromatic heterocycles. The van der Waals surface area contributed by atoms with Crippen molar-refractivity contribution >= 4 is 40.3 Å². The molecule has 162 valence electrons. The van der Waals surface area contributed by atoms with E-state index < -0.39 is 6.61 Å². The first-order valence-electron chi connectivity index (χ1n) is 8.78. The van der Waals surface area contributed by atoms with Crippen molar-refractivity contribution < 1.29 is 23.0 Å². The number of ether oxygens (including phenoxy) is 3. The summed E-state index contributed by atoms with van der Waals surface area (Å²) < 4.78 is 39.1. The summed E-state index contributed by atoms with van der Waals surface area (Å²) in [5, 5.41) is 6.55. The van der Waals surface area contributed by atoms with Gasteiger partial charge in [0.05, 0.1) is 14.2 Å². The quantitative estimate of drug-likeness (QED) is 0.354. The van der Waals surface area contributed by atoms with Gasteiger partial charge in [0.2, 0.25) is 0 Å². The van der Waals surface area contributed by atoms with Crippen LogP contribution in [0.25, 0.3) is 0 Å². The number of anilines is 1. The summed E-state index contributed by atoms with van der Waals surface area (Å²) in [6.07, 6.45) is 0.720. The Labute approximate surface area is 184 Å². The van der Waals surface area contributed by atoms with Crippen molar-refractivity contribution in [3.8, 4) is 17.2 Å². The lowest BCUT2D eigenvalue weighted by Gasteiger charge is -2.15. The van der Waals surface area contributed by atoms with Gasteiger partial charge in [0.1, 0.15) is 5.75 Å². The Balaban J connectivity index is 1.69. The van der Waals surface area contributed by atoms with Gasteiger partial charge in [0.25, 0.3) is 0 Å². The highest BCUT2D eigenvalue weighted by Crippen LogP contribution is 2.27. The van der Waals surface area contributed by atoms with Crippen LogP contribution in [-0.4, -0.2) is 37.6 Å². The third-order valence-corrected chi connectivity index (χ3v) is 4.22. The molecule has 0 radical (unpaired) electrons. The minimum absolute atomic E-state index is 0.0624. The number of methoxy groups -OCH3 is 2. The van der Waals surface area contributed by atoms with E-state index in [0.29, 0.717) is 28.8 Å². The van der Waals surface area contributed by atoms with Gasteiger partial charge >= 0.3 is 6.61 Å². The van der Waals surface area contributed by atoms with Gasteiger partial charge in [-0.05, 0) is 72.8 Å². The van der Waals surface area contributed by atoms with E-state index >= 15 is 0 Å². The standard InChI is InChI=1S/C19H22F2N4O3S2/c1-26-15-8-3-12(11-16(15)27-2)9-10-22-18(29)24-25-19(30)23-13-4-6-14(7-5-13)28-17(20)21/h3-8,11,17H,9-10H2,1-2H3,(H2,22,24,29)(H2,23,25,30). The molecule has 0 spiro atoms. The van der Waals surface area contributed by atoms with Gasteiger partial charge in [-0.25, -0.2) is 0 Å². The molecule has 0 fully saturated rings. The van der Waals surface area contributed by atoms with Crippen molar-refractivity contribution in [1.82, 2.24) is 16.2 Å². The number of benzene rings is 2. The first-order chi connectivity index (χ1) is 14.4. The molecule has 0 bridgehead atoms. The Morgan fingerprint density at radius 1 is 0.933 bits per heavy atom. The lowest BCUT2D eigenvalue weighted by Crippen LogP contribution is -2.48. The Kier molecular flexibility index (Phi) is 9.29. The molecule has 0 saturated heterocycles. The molecule has 0 aliphatic heterocycles. The van der Waals surface area contributed by atoms with Crippen LogP contribution in [-0.2, 0) is 6.42 Å². The van der Waals surface area contributed by atoms with E-state index in [4.69, 9.17) is 33.9 Å². The second-order valence-corrected chi connectivity index (χ2v) is 6.62. The van der Waals surface area contributed by atoms with Crippen molar-refractivity contribution in [3.05, 3.63) is 48.0 Å². The Morgan fingerprint density at radius 2 is 1.60 bits per heavy atom. The molecule has 0 aliphatic carbocycles. The number of halogens is 2. The molecule has 0 unspecified atom stereocenters. The number of rotatable bonds is 8. The van der Waals surface area contributed by atoms with Crippen LogP contribution < -0.4 is 35.7 Å². The molecule has 0 aliphatic rings. The minimum atomic E-state index is -2.86. The molecule has 11 heteroatoms. The predicted molar refractivity (Wildman–Crippen MR) is 119 cm³/mol. The van der Waals surface area contributed by atoms with E-state index in [1.54, 1.807) is 26.4 Å². The highest BCUT2D eigenvalue weighted by molar-refractivity contribution is 7.80. The van der Waals surface area contributed by atoms with E-state index in [1.165, 1.54) is 12.1 Å². The van der Waals surface area contributed by atoms with E-state index in [1.807, 2.05) is 18.2 Å². The minimum Gasteiger partial charge on any atom is -0.493 e. The SMILES string of the molecule is COc1ccc(CCNC(=S)NNC(=S)Nc2ccc(OC(F)F)cc2)cc1OC. The summed E-state index contributed by atoms with van der Waals surface area (Å²) in [7, 11) is 3.18. The maximum Gasteiger partial charge on any atom is 0.387 e. The van der Waals surface area contributed by atoms with Crippen LogP contribution in [0.4, 0.5) is 14.5 Å². The molecule has 2 rings (SSSR count). The van der Waals surface area contributed by atoms with E-state index in [9.17, 15) is 8.78 Å². The highest BCUT2D eigenvalue weighted by Gasteiger charge is 2.06. The molecule has 0 amide bonds. The van der Waals surface area contributed by atoms with E-state index in [0.717, 1.165) is 12.0 Å². The van der Waals surface area contributed by atoms with Gasteiger partial charge in [-0.15, -0.1) is 0 Å². The Bertz CT molecular complexity index is 854. The zero-order valence-corrected chi connectivity index (χ0v) is 18.0. The molecule has 2 aromatic rings. The number of hydrogen-bond acceptors (Lipinski definition) is 5. The van der Waals surface area contributed by atoms with Crippen LogP contribution in [0.3, 0.4) is 0 Å². The van der Waals surface area contributed by atoms with E-state index in [-0.39, 0.29) is 10.9 Å². The molecular weight excluding hydrogens is 434 g/mol. The van der Waals surface area contributed by atoms with E-state index in [2.05, 4.69) is 26.2 Å². The molecular formula is C19H22F2N4O3S2. The lowest BCUT2D eigenvalue weighted by molar-refractivity contribution is -0.0498. The van der Waals surface area contributed by atoms with Crippen molar-refractivity contribution in [2.75, 3.05) is 26.1 Å². The first kappa shape index (κ1) is 23.4. The molecule has 0 atom stereocenters. The smallest absolute Gasteiger partial charge is 0.387 e. The monoisotopic (exact) mass is 456 g/mol. The second kappa shape index (κ2) is 11.9. The molecule has 0 saturated carbocycles. The van der Waals surface area contributed by atoms with Crippen LogP contribution in [0.15, 0.2) is 42.5 Å². The fourth-order valence-electron chi connectivity index (χ4n) is 2.40. The van der Waals surface area contributed by atoms with Crippen molar-refractivity contribution in [2.24, 2.45) is 0 Å². The number of thiocarbonyl (C=S) groups is 2. The molecule has 2 aromatic carbocycles. The largest absolute Gasteiger partial charge is 0.493 e. The van der Waals surface area contributed by atoms with Crippen LogP contribution >= 0.6 is 24.4 Å². The fourth-order valence-corrected chi connectivity index (χ4v) is 2.72. The van der Waals surface area contributed by atoms with Crippen LogP contribution in [0.1, 0.15) is 5.56 Å². The molecule has 7 nitrogen and oxygen atoms in total. The van der Waals surface area contributed by atoms with Crippen LogP contribution in [0.2, 0.25) is 0 Å². The summed E-state index contributed by atoms with van der Waals surface area (Å²) in [5.41, 5.74) is 7.17. The summed E-state index contributed by atoms with van der Waals surface area (Å²) in [5.74, 6) is 1.41. The second-order valence-electron chi connectivity index (χ2n) is 5.80. The average Bonchev–Trinajstić information content (AvgIpc) is 2.73. The van der Waals surface area contributed by atoms with Crippen molar-refractivity contribution in [1.29, 1.82) is 0 Å². The van der Waals surface area contributed by atoms with Gasteiger partial charge in [-0.1, -0.05) is 6.07 Å². The summed E-state index contributed by atoms with van der Waals surface area (Å²) in [6.45, 7) is -2.27. The number of nitrogens with one attached hydrogen (secondary N) is 4. The van der Waals surface area contributed by atoms with Crippen LogP contribution in [0, 0.1) is 0 Å². The maximum absolute atomic E-state index is 12.2. The van der Waals surface area contributed by atoms with Gasteiger partial charge in [0.15, 0.2) is 21.7 Å². The number of hydrogen-bond donors (Lipinski definition) is 4. The zero-order valence-electron chi connectivity index (χ0n) is 16.3. The summed E-state index contributed by atoms with van der Waals surface area (Å²) in [4.78, 5) is 0. The third-order valence-electron chi connectivity index (χ3n) is 3.77. The fraction of sp³-hybridized carbons (Fsp3) is 0.263. The van der Waals surface area contributed by atoms with Gasteiger partial charge in [-0.3, -0.25) is 10.9 Å². The zero-order chi connectivity index (χ0) is 21.9. The number of alkyl halides is 2. The lowest BCUT2D eigenvalue weighted by atomic mass is 10.1. The van der Waals surface area contributed by atoms with Gasteiger partial charge in [-0.2, -0.15) is 8.78 Å². The predicted octanol–water partition coefficient (Wildman–Crippen LogP) is 3.21. The normalized spacial score (nSPS) is 10.2. The van der Waals surface area contributed by atoms with Crippen molar-refractivity contribution in [3.63, 3.8) is 0 Å². The summed E-state index contributed by atoms with van der Waals surface area (Å²) >= 11 is 10.3. The van der Waals surface area contributed by atoms with Gasteiger partial charge in [0, 0.05) is 12.2 Å². The first-order valence-corrected chi connectivity index (χ1v) is 9.59.